The summed E-state index contributed by atoms with van der Waals surface area (Å²) >= 11 is 0. The fourth-order valence-electron chi connectivity index (χ4n) is 4.88. The predicted molar refractivity (Wildman–Crippen MR) is 148 cm³/mol. The first kappa shape index (κ1) is 27.0. The molecule has 1 amide bonds. The van der Waals surface area contributed by atoms with E-state index in [-0.39, 0.29) is 29.4 Å². The largest absolute Gasteiger partial charge is 0.342 e. The van der Waals surface area contributed by atoms with Crippen LogP contribution in [-0.2, 0) is 19.1 Å². The number of carbonyl (C=O) groups is 1. The number of likely N-dealkylation sites (tertiary alicyclic amines) is 1. The highest BCUT2D eigenvalue weighted by Gasteiger charge is 2.27. The van der Waals surface area contributed by atoms with E-state index in [0.29, 0.717) is 25.9 Å². The summed E-state index contributed by atoms with van der Waals surface area (Å²) in [6, 6.07) is 14.6. The molecule has 1 aliphatic heterocycles. The Hall–Kier alpha value is -3.63. The Bertz CT molecular complexity index is 1540. The van der Waals surface area contributed by atoms with E-state index in [2.05, 4.69) is 10.1 Å². The maximum Gasteiger partial charge on any atom is 0.296 e. The van der Waals surface area contributed by atoms with Crippen LogP contribution in [0, 0.1) is 12.8 Å². The van der Waals surface area contributed by atoms with Gasteiger partial charge in [0, 0.05) is 30.8 Å². The molecule has 2 aromatic heterocycles. The second-order valence-corrected chi connectivity index (χ2v) is 11.8. The van der Waals surface area contributed by atoms with Gasteiger partial charge in [0.1, 0.15) is 0 Å². The predicted octanol–water partition coefficient (Wildman–Crippen LogP) is 4.79. The molecular formula is C29H33N5O4S. The lowest BCUT2D eigenvalue weighted by molar-refractivity contribution is -0.136. The smallest absolute Gasteiger partial charge is 0.296 e. The molecule has 9 nitrogen and oxygen atoms in total. The van der Waals surface area contributed by atoms with Crippen molar-refractivity contribution >= 4 is 27.1 Å². The molecule has 0 saturated carbocycles. The fraction of sp³-hybridized carbons (Fsp3) is 0.379. The first-order valence-electron chi connectivity index (χ1n) is 13.3. The van der Waals surface area contributed by atoms with Gasteiger partial charge in [-0.3, -0.25) is 18.6 Å². The number of aryl methyl sites for hydroxylation is 1. The van der Waals surface area contributed by atoms with E-state index in [1.165, 1.54) is 0 Å². The molecule has 0 bridgehead atoms. The molecule has 39 heavy (non-hydrogen) atoms. The summed E-state index contributed by atoms with van der Waals surface area (Å²) in [7, 11) is -3.79. The molecule has 1 atom stereocenters. The van der Waals surface area contributed by atoms with Crippen LogP contribution in [0.2, 0.25) is 0 Å². The van der Waals surface area contributed by atoms with Gasteiger partial charge in [0.25, 0.3) is 10.1 Å². The summed E-state index contributed by atoms with van der Waals surface area (Å²) in [5.41, 5.74) is 4.41. The van der Waals surface area contributed by atoms with E-state index in [1.54, 1.807) is 30.5 Å². The lowest BCUT2D eigenvalue weighted by Gasteiger charge is -2.33. The van der Waals surface area contributed by atoms with Crippen molar-refractivity contribution in [3.63, 3.8) is 0 Å². The summed E-state index contributed by atoms with van der Waals surface area (Å²) in [5, 5.41) is 4.58. The Morgan fingerprint density at radius 3 is 2.51 bits per heavy atom. The topological polar surface area (TPSA) is 107 Å². The maximum absolute atomic E-state index is 13.0. The van der Waals surface area contributed by atoms with Crippen LogP contribution in [0.15, 0.2) is 72.0 Å². The van der Waals surface area contributed by atoms with Gasteiger partial charge in [-0.25, -0.2) is 4.98 Å². The van der Waals surface area contributed by atoms with Crippen molar-refractivity contribution in [2.24, 2.45) is 5.92 Å². The Kier molecular flexibility index (Phi) is 8.04. The Labute approximate surface area is 229 Å². The molecule has 3 heterocycles. The van der Waals surface area contributed by atoms with Gasteiger partial charge < -0.3 is 4.90 Å². The molecule has 0 N–H and O–H groups in total. The zero-order chi connectivity index (χ0) is 27.4. The quantitative estimate of drug-likeness (QED) is 0.219. The van der Waals surface area contributed by atoms with Gasteiger partial charge in [-0.2, -0.15) is 13.5 Å². The average Bonchev–Trinajstić information content (AvgIpc) is 3.45. The van der Waals surface area contributed by atoms with Crippen molar-refractivity contribution in [1.29, 1.82) is 0 Å². The van der Waals surface area contributed by atoms with Crippen molar-refractivity contribution < 1.29 is 17.4 Å². The van der Waals surface area contributed by atoms with E-state index in [4.69, 9.17) is 9.17 Å². The van der Waals surface area contributed by atoms with Gasteiger partial charge >= 0.3 is 0 Å². The lowest BCUT2D eigenvalue weighted by Crippen LogP contribution is -2.41. The number of hydrogen-bond donors (Lipinski definition) is 0. The fourth-order valence-corrected chi connectivity index (χ4v) is 5.83. The second kappa shape index (κ2) is 11.6. The van der Waals surface area contributed by atoms with Crippen molar-refractivity contribution in [3.05, 3.63) is 72.7 Å². The minimum atomic E-state index is -3.79. The van der Waals surface area contributed by atoms with Crippen molar-refractivity contribution in [3.8, 4) is 11.3 Å². The van der Waals surface area contributed by atoms with Crippen LogP contribution in [0.4, 0.5) is 0 Å². The third-order valence-corrected chi connectivity index (χ3v) is 8.57. The minimum Gasteiger partial charge on any atom is -0.342 e. The van der Waals surface area contributed by atoms with E-state index < -0.39 is 10.1 Å². The van der Waals surface area contributed by atoms with Crippen LogP contribution in [0.3, 0.4) is 0 Å². The summed E-state index contributed by atoms with van der Waals surface area (Å²) in [6.07, 6.45) is 8.30. The Morgan fingerprint density at radius 1 is 1.05 bits per heavy atom. The number of aromatic nitrogens is 4. The van der Waals surface area contributed by atoms with Crippen molar-refractivity contribution in [1.82, 2.24) is 24.6 Å². The normalized spacial score (nSPS) is 15.5. The third kappa shape index (κ3) is 6.34. The standard InChI is InChI=1S/C29H33N5O4S/c1-21-9-11-25(12-10-21)39(36,37)38-17-5-6-22(2)29(35)33-15-13-24(14-16-33)34-20-23(18-31-34)28-19-30-26-7-3-4-8-27(26)32-28/h3-4,7-12,18-20,22,24H,5-6,13-17H2,1-2H3. The lowest BCUT2D eigenvalue weighted by atomic mass is 10.00. The van der Waals surface area contributed by atoms with Crippen LogP contribution in [-0.4, -0.2) is 58.7 Å². The molecule has 5 rings (SSSR count). The molecular weight excluding hydrogens is 514 g/mol. The maximum atomic E-state index is 13.0. The van der Waals surface area contributed by atoms with Crippen LogP contribution >= 0.6 is 0 Å². The molecule has 2 aromatic carbocycles. The molecule has 0 aliphatic carbocycles. The van der Waals surface area contributed by atoms with Crippen LogP contribution < -0.4 is 0 Å². The zero-order valence-electron chi connectivity index (χ0n) is 22.2. The number of piperidine rings is 1. The summed E-state index contributed by atoms with van der Waals surface area (Å²) in [6.45, 7) is 5.18. The van der Waals surface area contributed by atoms with E-state index in [0.717, 1.165) is 40.7 Å². The van der Waals surface area contributed by atoms with Crippen molar-refractivity contribution in [2.45, 2.75) is 50.5 Å². The Morgan fingerprint density at radius 2 is 1.77 bits per heavy atom. The number of amides is 1. The average molecular weight is 548 g/mol. The van der Waals surface area contributed by atoms with Crippen molar-refractivity contribution in [2.75, 3.05) is 19.7 Å². The minimum absolute atomic E-state index is 0.0547. The molecule has 1 saturated heterocycles. The number of carbonyl (C=O) groups excluding carboxylic acids is 1. The van der Waals surface area contributed by atoms with E-state index in [1.807, 2.05) is 60.1 Å². The number of hydrogen-bond acceptors (Lipinski definition) is 7. The molecule has 1 unspecified atom stereocenters. The monoisotopic (exact) mass is 547 g/mol. The number of para-hydroxylation sites is 2. The molecule has 4 aromatic rings. The van der Waals surface area contributed by atoms with Gasteiger partial charge in [0.15, 0.2) is 0 Å². The van der Waals surface area contributed by atoms with Gasteiger partial charge in [0.2, 0.25) is 5.91 Å². The van der Waals surface area contributed by atoms with E-state index >= 15 is 0 Å². The van der Waals surface area contributed by atoms with E-state index in [9.17, 15) is 13.2 Å². The molecule has 10 heteroatoms. The van der Waals surface area contributed by atoms with Gasteiger partial charge in [-0.1, -0.05) is 36.8 Å². The summed E-state index contributed by atoms with van der Waals surface area (Å²) in [4.78, 5) is 24.3. The highest BCUT2D eigenvalue weighted by atomic mass is 32.2. The molecule has 0 spiro atoms. The second-order valence-electron chi connectivity index (χ2n) is 10.1. The molecule has 1 fully saturated rings. The molecule has 204 valence electrons. The number of nitrogens with zero attached hydrogens (tertiary/aromatic N) is 5. The number of benzene rings is 2. The summed E-state index contributed by atoms with van der Waals surface area (Å²) < 4.78 is 31.8. The SMILES string of the molecule is Cc1ccc(S(=O)(=O)OCCCC(C)C(=O)N2CCC(n3cc(-c4cnc5ccccc5n4)cn3)CC2)cc1. The van der Waals surface area contributed by atoms with Crippen LogP contribution in [0.5, 0.6) is 0 Å². The van der Waals surface area contributed by atoms with Gasteiger partial charge in [-0.15, -0.1) is 0 Å². The zero-order valence-corrected chi connectivity index (χ0v) is 23.0. The molecule has 0 radical (unpaired) electrons. The third-order valence-electron chi connectivity index (χ3n) is 7.25. The van der Waals surface area contributed by atoms with Crippen LogP contribution in [0.25, 0.3) is 22.3 Å². The first-order valence-corrected chi connectivity index (χ1v) is 14.7. The highest BCUT2D eigenvalue weighted by Crippen LogP contribution is 2.26. The number of rotatable bonds is 9. The Balaban J connectivity index is 1.08. The van der Waals surface area contributed by atoms with Gasteiger partial charge in [0.05, 0.1) is 46.7 Å². The van der Waals surface area contributed by atoms with Gasteiger partial charge in [-0.05, 0) is 56.9 Å². The molecule has 1 aliphatic rings. The van der Waals surface area contributed by atoms with Crippen LogP contribution in [0.1, 0.15) is 44.2 Å². The summed E-state index contributed by atoms with van der Waals surface area (Å²) in [5.74, 6) is -0.0996. The first-order chi connectivity index (χ1) is 18.8. The number of fused-ring (bicyclic) bond motifs is 1. The highest BCUT2D eigenvalue weighted by molar-refractivity contribution is 7.86.